The fourth-order valence-electron chi connectivity index (χ4n) is 0.673. The highest BCUT2D eigenvalue weighted by molar-refractivity contribution is 9.10. The molecule has 0 aromatic carbocycles. The number of nitrogens with two attached hydrogens (primary N) is 1. The molecule has 0 atom stereocenters. The molecule has 12 heavy (non-hydrogen) atoms. The molecule has 1 aromatic rings. The van der Waals surface area contributed by atoms with Gasteiger partial charge in [0.25, 0.3) is 0 Å². The summed E-state index contributed by atoms with van der Waals surface area (Å²) < 4.78 is 0.425. The molecule has 0 radical (unpaired) electrons. The summed E-state index contributed by atoms with van der Waals surface area (Å²) in [6, 6.07) is 3.13. The van der Waals surface area contributed by atoms with E-state index in [4.69, 9.17) is 10.9 Å². The largest absolute Gasteiger partial charge is 0.476 e. The zero-order chi connectivity index (χ0) is 9.14. The van der Waals surface area contributed by atoms with Crippen LogP contribution in [0.2, 0.25) is 0 Å². The minimum Gasteiger partial charge on any atom is -0.476 e. The van der Waals surface area contributed by atoms with Crippen LogP contribution in [0.1, 0.15) is 10.5 Å². The molecule has 0 aliphatic heterocycles. The van der Waals surface area contributed by atoms with Gasteiger partial charge in [-0.1, -0.05) is 0 Å². The van der Waals surface area contributed by atoms with Gasteiger partial charge in [0.15, 0.2) is 5.69 Å². The molecule has 0 saturated carbocycles. The fourth-order valence-corrected chi connectivity index (χ4v) is 1.06. The van der Waals surface area contributed by atoms with Crippen LogP contribution in [0.5, 0.6) is 0 Å². The van der Waals surface area contributed by atoms with E-state index >= 15 is 0 Å². The van der Waals surface area contributed by atoms with Crippen LogP contribution >= 0.6 is 15.9 Å². The molecule has 0 unspecified atom stereocenters. The number of hydrogen-bond donors (Lipinski definition) is 3. The second-order valence-corrected chi connectivity index (χ2v) is 2.83. The molecule has 1 rings (SSSR count). The third-order valence-corrected chi connectivity index (χ3v) is 1.84. The quantitative estimate of drug-likeness (QED) is 0.519. The topological polar surface area (TPSA) is 88.2 Å². The van der Waals surface area contributed by atoms with Gasteiger partial charge in [-0.05, 0) is 28.1 Å². The molecule has 0 bridgehead atoms. The summed E-state index contributed by atoms with van der Waals surface area (Å²) in [6.07, 6.45) is 0. The highest BCUT2D eigenvalue weighted by atomic mass is 79.9. The smallest absolute Gasteiger partial charge is 0.355 e. The predicted molar refractivity (Wildman–Crippen MR) is 46.7 cm³/mol. The Balaban J connectivity index is 3.17. The predicted octanol–water partition coefficient (Wildman–Crippen LogP) is 0.828. The van der Waals surface area contributed by atoms with Gasteiger partial charge in [-0.2, -0.15) is 0 Å². The number of carboxylic acid groups (broad SMARTS) is 1. The van der Waals surface area contributed by atoms with E-state index in [2.05, 4.69) is 26.3 Å². The summed E-state index contributed by atoms with van der Waals surface area (Å²) in [5.41, 5.74) is 2.19. The minimum atomic E-state index is -1.10. The average molecular weight is 232 g/mol. The molecular weight excluding hydrogens is 226 g/mol. The van der Waals surface area contributed by atoms with Crippen molar-refractivity contribution in [2.75, 3.05) is 5.43 Å². The number of nitrogens with zero attached hydrogens (tertiary/aromatic N) is 1. The van der Waals surface area contributed by atoms with Crippen molar-refractivity contribution >= 4 is 27.7 Å². The number of nitrogens with one attached hydrogen (secondary N) is 1. The molecular formula is C6H6BrN3O2. The molecule has 0 aliphatic rings. The third kappa shape index (κ3) is 1.72. The number of hydrazine groups is 1. The van der Waals surface area contributed by atoms with Crippen molar-refractivity contribution in [2.45, 2.75) is 0 Å². The van der Waals surface area contributed by atoms with Crippen LogP contribution in [-0.4, -0.2) is 16.1 Å². The summed E-state index contributed by atoms with van der Waals surface area (Å²) in [7, 11) is 0. The van der Waals surface area contributed by atoms with Crippen molar-refractivity contribution < 1.29 is 9.90 Å². The van der Waals surface area contributed by atoms with Crippen LogP contribution in [0.15, 0.2) is 16.6 Å². The number of nitrogen functional groups attached to an aromatic ring is 1. The number of aromatic carboxylic acids is 1. The van der Waals surface area contributed by atoms with Crippen molar-refractivity contribution in [1.82, 2.24) is 4.98 Å². The molecule has 0 fully saturated rings. The third-order valence-electron chi connectivity index (χ3n) is 1.20. The fraction of sp³-hybridized carbons (Fsp3) is 0. The van der Waals surface area contributed by atoms with Crippen molar-refractivity contribution in [3.8, 4) is 0 Å². The Labute approximate surface area is 76.7 Å². The van der Waals surface area contributed by atoms with Crippen LogP contribution in [0, 0.1) is 0 Å². The van der Waals surface area contributed by atoms with Crippen molar-refractivity contribution in [3.63, 3.8) is 0 Å². The Kier molecular flexibility index (Phi) is 2.61. The van der Waals surface area contributed by atoms with Crippen molar-refractivity contribution in [2.24, 2.45) is 5.84 Å². The maximum atomic E-state index is 10.5. The van der Waals surface area contributed by atoms with Gasteiger partial charge in [-0.3, -0.25) is 0 Å². The lowest BCUT2D eigenvalue weighted by Gasteiger charge is -2.01. The van der Waals surface area contributed by atoms with E-state index < -0.39 is 5.97 Å². The number of carbonyl (C=O) groups is 1. The first-order valence-corrected chi connectivity index (χ1v) is 3.81. The van der Waals surface area contributed by atoms with Crippen LogP contribution in [0.3, 0.4) is 0 Å². The van der Waals surface area contributed by atoms with E-state index in [1.807, 2.05) is 0 Å². The van der Waals surface area contributed by atoms with Gasteiger partial charge in [0.2, 0.25) is 0 Å². The van der Waals surface area contributed by atoms with Crippen LogP contribution < -0.4 is 11.3 Å². The van der Waals surface area contributed by atoms with Gasteiger partial charge in [0.1, 0.15) is 5.82 Å². The zero-order valence-corrected chi connectivity index (χ0v) is 7.50. The van der Waals surface area contributed by atoms with Crippen molar-refractivity contribution in [3.05, 3.63) is 22.3 Å². The standard InChI is InChI=1S/C6H6BrN3O2/c7-3-1-2-4(10-8)9-5(3)6(11)12/h1-2H,8H2,(H,9,10)(H,11,12). The number of halogens is 1. The zero-order valence-electron chi connectivity index (χ0n) is 5.91. The van der Waals surface area contributed by atoms with Crippen molar-refractivity contribution in [1.29, 1.82) is 0 Å². The first-order chi connectivity index (χ1) is 5.65. The maximum absolute atomic E-state index is 10.5. The second kappa shape index (κ2) is 3.51. The Bertz CT molecular complexity index is 316. The number of carboxylic acids is 1. The van der Waals surface area contributed by atoms with Gasteiger partial charge in [-0.25, -0.2) is 15.6 Å². The summed E-state index contributed by atoms with van der Waals surface area (Å²) in [5.74, 6) is 4.27. The molecule has 0 aliphatic carbocycles. The van der Waals surface area contributed by atoms with E-state index in [-0.39, 0.29) is 5.69 Å². The lowest BCUT2D eigenvalue weighted by molar-refractivity contribution is 0.0689. The summed E-state index contributed by atoms with van der Waals surface area (Å²) in [4.78, 5) is 14.2. The Morgan fingerprint density at radius 1 is 1.67 bits per heavy atom. The van der Waals surface area contributed by atoms with E-state index in [0.717, 1.165) is 0 Å². The van der Waals surface area contributed by atoms with Gasteiger partial charge in [0, 0.05) is 0 Å². The number of anilines is 1. The van der Waals surface area contributed by atoms with E-state index in [1.165, 1.54) is 0 Å². The van der Waals surface area contributed by atoms with Gasteiger partial charge < -0.3 is 10.5 Å². The maximum Gasteiger partial charge on any atom is 0.355 e. The lowest BCUT2D eigenvalue weighted by atomic mass is 10.3. The average Bonchev–Trinajstić information content (AvgIpc) is 2.05. The molecule has 0 saturated heterocycles. The Hall–Kier alpha value is -1.14. The first-order valence-electron chi connectivity index (χ1n) is 3.01. The summed E-state index contributed by atoms with van der Waals surface area (Å²) in [5, 5.41) is 8.62. The lowest BCUT2D eigenvalue weighted by Crippen LogP contribution is -2.11. The molecule has 0 spiro atoms. The molecule has 5 nitrogen and oxygen atoms in total. The first kappa shape index (κ1) is 8.95. The van der Waals surface area contributed by atoms with Gasteiger partial charge in [0.05, 0.1) is 4.47 Å². The summed E-state index contributed by atoms with van der Waals surface area (Å²) >= 11 is 3.05. The summed E-state index contributed by atoms with van der Waals surface area (Å²) in [6.45, 7) is 0. The molecule has 6 heteroatoms. The minimum absolute atomic E-state index is 0.0644. The highest BCUT2D eigenvalue weighted by Crippen LogP contribution is 2.16. The van der Waals surface area contributed by atoms with Gasteiger partial charge >= 0.3 is 5.97 Å². The second-order valence-electron chi connectivity index (χ2n) is 1.98. The van der Waals surface area contributed by atoms with E-state index in [0.29, 0.717) is 10.3 Å². The molecule has 1 aromatic heterocycles. The van der Waals surface area contributed by atoms with Crippen LogP contribution in [-0.2, 0) is 0 Å². The Morgan fingerprint density at radius 3 is 2.83 bits per heavy atom. The number of hydrogen-bond acceptors (Lipinski definition) is 4. The van der Waals surface area contributed by atoms with Gasteiger partial charge in [-0.15, -0.1) is 0 Å². The van der Waals surface area contributed by atoms with Crippen LogP contribution in [0.25, 0.3) is 0 Å². The van der Waals surface area contributed by atoms with E-state index in [1.54, 1.807) is 12.1 Å². The molecule has 0 amide bonds. The number of pyridine rings is 1. The number of aromatic nitrogens is 1. The Morgan fingerprint density at radius 2 is 2.33 bits per heavy atom. The SMILES string of the molecule is NNc1ccc(Br)c(C(=O)O)n1. The monoisotopic (exact) mass is 231 g/mol. The molecule has 1 heterocycles. The van der Waals surface area contributed by atoms with E-state index in [9.17, 15) is 4.79 Å². The van der Waals surface area contributed by atoms with Crippen LogP contribution in [0.4, 0.5) is 5.82 Å². The molecule has 64 valence electrons. The highest BCUT2D eigenvalue weighted by Gasteiger charge is 2.09. The number of rotatable bonds is 2. The molecule has 4 N–H and O–H groups in total. The normalized spacial score (nSPS) is 9.50.